The Hall–Kier alpha value is -5.35. The maximum absolute atomic E-state index is 13.6. The van der Waals surface area contributed by atoms with Crippen LogP contribution in [0.5, 0.6) is 0 Å². The smallest absolute Gasteiger partial charge is 0.255 e. The molecule has 6 aromatic rings. The average molecular weight is 523 g/mol. The summed E-state index contributed by atoms with van der Waals surface area (Å²) in [5.41, 5.74) is 6.96. The van der Waals surface area contributed by atoms with Gasteiger partial charge in [0.05, 0.1) is 45.8 Å². The minimum absolute atomic E-state index is 0.237. The molecule has 4 aromatic heterocycles. The first-order chi connectivity index (χ1) is 19.5. The molecule has 0 unspecified atom stereocenters. The Labute approximate surface area is 231 Å². The second kappa shape index (κ2) is 10.4. The highest BCUT2D eigenvalue weighted by atomic mass is 16.1. The highest BCUT2D eigenvalue weighted by Gasteiger charge is 2.22. The van der Waals surface area contributed by atoms with Gasteiger partial charge in [0.25, 0.3) is 5.91 Å². The quantitative estimate of drug-likeness (QED) is 0.297. The Kier molecular flexibility index (Phi) is 6.51. The second-order valence-corrected chi connectivity index (χ2v) is 9.67. The fraction of sp³-hybridized carbons (Fsp3) is 0.121. The number of fused-ring (bicyclic) bond motifs is 2. The van der Waals surface area contributed by atoms with Crippen LogP contribution in [0.3, 0.4) is 0 Å². The molecule has 1 amide bonds. The van der Waals surface area contributed by atoms with E-state index in [2.05, 4.69) is 38.3 Å². The number of carbonyl (C=O) groups is 1. The van der Waals surface area contributed by atoms with Crippen LogP contribution in [0.25, 0.3) is 32.9 Å². The third-order valence-electron chi connectivity index (χ3n) is 6.84. The number of aromatic nitrogens is 5. The number of rotatable bonds is 4. The van der Waals surface area contributed by atoms with Crippen LogP contribution in [0.4, 0.5) is 0 Å². The van der Waals surface area contributed by atoms with Gasteiger partial charge in [-0.25, -0.2) is 4.98 Å². The van der Waals surface area contributed by atoms with Gasteiger partial charge in [0, 0.05) is 47.5 Å². The molecule has 0 saturated heterocycles. The third kappa shape index (κ3) is 4.79. The number of hydrogen-bond donors (Lipinski definition) is 1. The van der Waals surface area contributed by atoms with Gasteiger partial charge < -0.3 is 5.32 Å². The Morgan fingerprint density at radius 1 is 0.975 bits per heavy atom. The molecule has 0 spiro atoms. The summed E-state index contributed by atoms with van der Waals surface area (Å²) in [6, 6.07) is 21.5. The molecule has 40 heavy (non-hydrogen) atoms. The number of carbonyl (C=O) groups excluding carboxylic acids is 1. The third-order valence-corrected chi connectivity index (χ3v) is 6.84. The lowest BCUT2D eigenvalue weighted by atomic mass is 9.96. The molecule has 0 aliphatic rings. The largest absolute Gasteiger partial charge is 0.344 e. The van der Waals surface area contributed by atoms with Crippen molar-refractivity contribution in [1.82, 2.24) is 30.0 Å². The topological polar surface area (TPSA) is 85.6 Å². The second-order valence-electron chi connectivity index (χ2n) is 9.67. The summed E-state index contributed by atoms with van der Waals surface area (Å²) in [6.45, 7) is 3.78. The van der Waals surface area contributed by atoms with Crippen LogP contribution in [0.2, 0.25) is 0 Å². The number of nitrogens with one attached hydrogen (secondary N) is 1. The van der Waals surface area contributed by atoms with E-state index in [-0.39, 0.29) is 5.91 Å². The van der Waals surface area contributed by atoms with Crippen LogP contribution < -0.4 is 5.32 Å². The number of benzene rings is 2. The predicted molar refractivity (Wildman–Crippen MR) is 157 cm³/mol. The van der Waals surface area contributed by atoms with Gasteiger partial charge in [0.1, 0.15) is 0 Å². The summed E-state index contributed by atoms with van der Waals surface area (Å²) in [7, 11) is 1.87. The molecule has 7 nitrogen and oxygen atoms in total. The van der Waals surface area contributed by atoms with Crippen molar-refractivity contribution in [3.05, 3.63) is 120 Å². The lowest BCUT2D eigenvalue weighted by Gasteiger charge is -2.19. The van der Waals surface area contributed by atoms with Crippen molar-refractivity contribution in [2.24, 2.45) is 7.05 Å². The fourth-order valence-corrected chi connectivity index (χ4v) is 4.87. The number of pyridine rings is 3. The van der Waals surface area contributed by atoms with E-state index in [1.54, 1.807) is 23.3 Å². The molecule has 4 heterocycles. The molecule has 0 aliphatic carbocycles. The van der Waals surface area contributed by atoms with E-state index in [4.69, 9.17) is 4.98 Å². The monoisotopic (exact) mass is 522 g/mol. The van der Waals surface area contributed by atoms with E-state index in [0.29, 0.717) is 16.8 Å². The van der Waals surface area contributed by atoms with Crippen molar-refractivity contribution < 1.29 is 4.79 Å². The Bertz CT molecular complexity index is 1950. The van der Waals surface area contributed by atoms with Crippen molar-refractivity contribution in [2.75, 3.05) is 0 Å². The molecule has 1 atom stereocenters. The van der Waals surface area contributed by atoms with Crippen molar-refractivity contribution in [3.8, 4) is 23.0 Å². The minimum atomic E-state index is -0.393. The molecule has 194 valence electrons. The lowest BCUT2D eigenvalue weighted by Crippen LogP contribution is -2.29. The number of amides is 1. The van der Waals surface area contributed by atoms with E-state index in [1.807, 2.05) is 87.8 Å². The molecule has 1 N–H and O–H groups in total. The molecule has 0 aliphatic heterocycles. The Balaban J connectivity index is 1.44. The van der Waals surface area contributed by atoms with E-state index in [0.717, 1.165) is 44.2 Å². The average Bonchev–Trinajstić information content (AvgIpc) is 3.40. The van der Waals surface area contributed by atoms with Gasteiger partial charge in [0.2, 0.25) is 0 Å². The van der Waals surface area contributed by atoms with Gasteiger partial charge in [-0.3, -0.25) is 19.4 Å². The van der Waals surface area contributed by atoms with Crippen LogP contribution in [0.1, 0.15) is 45.8 Å². The Morgan fingerprint density at radius 3 is 2.62 bits per heavy atom. The first-order valence-electron chi connectivity index (χ1n) is 13.0. The van der Waals surface area contributed by atoms with Gasteiger partial charge >= 0.3 is 0 Å². The zero-order valence-corrected chi connectivity index (χ0v) is 22.4. The van der Waals surface area contributed by atoms with Gasteiger partial charge in [-0.1, -0.05) is 48.2 Å². The predicted octanol–water partition coefficient (Wildman–Crippen LogP) is 5.78. The number of nitrogens with zero attached hydrogens (tertiary/aromatic N) is 5. The normalized spacial score (nSPS) is 11.7. The molecular weight excluding hydrogens is 496 g/mol. The molecule has 0 saturated carbocycles. The van der Waals surface area contributed by atoms with Crippen LogP contribution in [-0.2, 0) is 7.05 Å². The standard InChI is InChI=1S/C33H26N6O/c1-21-30(32-26(19-35-21)12-8-16-34-32)33(40)37-22(2)31-28(24-9-5-4-6-10-24)17-27-25(11-7-13-29(27)38-31)15-14-23-18-36-39(3)20-23/h4-13,16-20,22H,1-3H3,(H,37,40)/t22-/m0/s1. The zero-order valence-electron chi connectivity index (χ0n) is 22.4. The summed E-state index contributed by atoms with van der Waals surface area (Å²) >= 11 is 0. The zero-order chi connectivity index (χ0) is 27.6. The first kappa shape index (κ1) is 25.0. The van der Waals surface area contributed by atoms with Crippen molar-refractivity contribution in [2.45, 2.75) is 19.9 Å². The Morgan fingerprint density at radius 2 is 1.82 bits per heavy atom. The van der Waals surface area contributed by atoms with Crippen molar-refractivity contribution >= 4 is 27.7 Å². The molecule has 0 bridgehead atoms. The lowest BCUT2D eigenvalue weighted by molar-refractivity contribution is 0.0940. The minimum Gasteiger partial charge on any atom is -0.344 e. The highest BCUT2D eigenvalue weighted by Crippen LogP contribution is 2.32. The van der Waals surface area contributed by atoms with E-state index < -0.39 is 6.04 Å². The maximum atomic E-state index is 13.6. The summed E-state index contributed by atoms with van der Waals surface area (Å²) < 4.78 is 1.73. The molecule has 6 rings (SSSR count). The van der Waals surface area contributed by atoms with E-state index >= 15 is 0 Å². The number of aryl methyl sites for hydroxylation is 2. The van der Waals surface area contributed by atoms with Gasteiger partial charge in [-0.2, -0.15) is 5.10 Å². The van der Waals surface area contributed by atoms with Gasteiger partial charge in [0.15, 0.2) is 0 Å². The molecule has 2 aromatic carbocycles. The van der Waals surface area contributed by atoms with Crippen LogP contribution in [0.15, 0.2) is 91.5 Å². The van der Waals surface area contributed by atoms with Gasteiger partial charge in [-0.15, -0.1) is 0 Å². The molecule has 0 radical (unpaired) electrons. The van der Waals surface area contributed by atoms with Crippen LogP contribution in [-0.4, -0.2) is 30.6 Å². The van der Waals surface area contributed by atoms with Crippen LogP contribution in [0, 0.1) is 18.8 Å². The molecule has 0 fully saturated rings. The summed E-state index contributed by atoms with van der Waals surface area (Å²) in [5, 5.41) is 9.13. The molecular formula is C33H26N6O. The molecule has 7 heteroatoms. The number of hydrogen-bond acceptors (Lipinski definition) is 5. The summed E-state index contributed by atoms with van der Waals surface area (Å²) in [6.07, 6.45) is 7.06. The van der Waals surface area contributed by atoms with Crippen molar-refractivity contribution in [3.63, 3.8) is 0 Å². The van der Waals surface area contributed by atoms with Crippen LogP contribution >= 0.6 is 0 Å². The van der Waals surface area contributed by atoms with E-state index in [9.17, 15) is 4.79 Å². The SMILES string of the molecule is Cc1ncc2cccnc2c1C(=O)N[C@@H](C)c1nc2cccc(C#Cc3cnn(C)c3)c2cc1-c1ccccc1. The summed E-state index contributed by atoms with van der Waals surface area (Å²) in [4.78, 5) is 27.6. The highest BCUT2D eigenvalue weighted by molar-refractivity contribution is 6.06. The van der Waals surface area contributed by atoms with Crippen molar-refractivity contribution in [1.29, 1.82) is 0 Å². The maximum Gasteiger partial charge on any atom is 0.255 e. The first-order valence-corrected chi connectivity index (χ1v) is 13.0. The fourth-order valence-electron chi connectivity index (χ4n) is 4.87. The van der Waals surface area contributed by atoms with Gasteiger partial charge in [-0.05, 0) is 49.7 Å². The summed E-state index contributed by atoms with van der Waals surface area (Å²) in [5.74, 6) is 6.26. The van der Waals surface area contributed by atoms with E-state index in [1.165, 1.54) is 0 Å².